The first-order valence-electron chi connectivity index (χ1n) is 7.67. The molecule has 1 aromatic rings. The molecule has 1 atom stereocenters. The van der Waals surface area contributed by atoms with Crippen molar-refractivity contribution in [3.05, 3.63) is 24.0 Å². The SMILES string of the molecule is CC(C)(C)c1cncc(OC[C@@H](N)CN2CCNC(=O)C2)c1. The number of nitrogens with two attached hydrogens (primary N) is 1. The Morgan fingerprint density at radius 1 is 1.45 bits per heavy atom. The van der Waals surface area contributed by atoms with Crippen LogP contribution < -0.4 is 15.8 Å². The molecule has 2 rings (SSSR count). The average molecular weight is 306 g/mol. The largest absolute Gasteiger partial charge is 0.490 e. The fraction of sp³-hybridized carbons (Fsp3) is 0.625. The predicted molar refractivity (Wildman–Crippen MR) is 85.9 cm³/mol. The van der Waals surface area contributed by atoms with Gasteiger partial charge in [0.15, 0.2) is 0 Å². The highest BCUT2D eigenvalue weighted by Crippen LogP contribution is 2.24. The molecule has 1 aliphatic rings. The van der Waals surface area contributed by atoms with Crippen LogP contribution in [0.4, 0.5) is 0 Å². The minimum atomic E-state index is -0.135. The van der Waals surface area contributed by atoms with Crippen molar-refractivity contribution >= 4 is 5.91 Å². The number of hydrogen-bond donors (Lipinski definition) is 2. The molecule has 0 unspecified atom stereocenters. The monoisotopic (exact) mass is 306 g/mol. The highest BCUT2D eigenvalue weighted by molar-refractivity contribution is 5.78. The zero-order chi connectivity index (χ0) is 16.2. The van der Waals surface area contributed by atoms with Gasteiger partial charge in [-0.15, -0.1) is 0 Å². The molecule has 0 spiro atoms. The lowest BCUT2D eigenvalue weighted by Crippen LogP contribution is -2.52. The lowest BCUT2D eigenvalue weighted by molar-refractivity contribution is -0.124. The minimum Gasteiger partial charge on any atom is -0.490 e. The molecule has 1 amide bonds. The van der Waals surface area contributed by atoms with Gasteiger partial charge in [-0.05, 0) is 17.0 Å². The van der Waals surface area contributed by atoms with E-state index in [-0.39, 0.29) is 17.4 Å². The van der Waals surface area contributed by atoms with Gasteiger partial charge in [-0.1, -0.05) is 20.8 Å². The summed E-state index contributed by atoms with van der Waals surface area (Å²) in [7, 11) is 0. The van der Waals surface area contributed by atoms with Gasteiger partial charge in [-0.25, -0.2) is 0 Å². The van der Waals surface area contributed by atoms with Crippen molar-refractivity contribution in [2.75, 3.05) is 32.8 Å². The summed E-state index contributed by atoms with van der Waals surface area (Å²) in [5.41, 5.74) is 7.27. The van der Waals surface area contributed by atoms with E-state index in [1.54, 1.807) is 6.20 Å². The second-order valence-electron chi connectivity index (χ2n) is 6.82. The number of aromatic nitrogens is 1. The van der Waals surface area contributed by atoms with Crippen molar-refractivity contribution in [1.29, 1.82) is 0 Å². The zero-order valence-electron chi connectivity index (χ0n) is 13.6. The highest BCUT2D eigenvalue weighted by atomic mass is 16.5. The Morgan fingerprint density at radius 3 is 2.91 bits per heavy atom. The van der Waals surface area contributed by atoms with E-state index >= 15 is 0 Å². The first-order chi connectivity index (χ1) is 10.3. The minimum absolute atomic E-state index is 0.0373. The van der Waals surface area contributed by atoms with Gasteiger partial charge in [0.2, 0.25) is 5.91 Å². The van der Waals surface area contributed by atoms with Crippen LogP contribution in [0.5, 0.6) is 5.75 Å². The topological polar surface area (TPSA) is 80.5 Å². The quantitative estimate of drug-likeness (QED) is 0.829. The number of hydrogen-bond acceptors (Lipinski definition) is 5. The molecule has 0 bridgehead atoms. The van der Waals surface area contributed by atoms with Crippen LogP contribution in [0.1, 0.15) is 26.3 Å². The third kappa shape index (κ3) is 4.96. The molecule has 0 saturated carbocycles. The van der Waals surface area contributed by atoms with E-state index in [4.69, 9.17) is 10.5 Å². The summed E-state index contributed by atoms with van der Waals surface area (Å²) in [4.78, 5) is 17.6. The van der Waals surface area contributed by atoms with Crippen molar-refractivity contribution in [1.82, 2.24) is 15.2 Å². The Labute approximate surface area is 132 Å². The van der Waals surface area contributed by atoms with Gasteiger partial charge in [-0.3, -0.25) is 14.7 Å². The summed E-state index contributed by atoms with van der Waals surface area (Å²) < 4.78 is 5.76. The van der Waals surface area contributed by atoms with Crippen LogP contribution in [0.2, 0.25) is 0 Å². The number of amides is 1. The lowest BCUT2D eigenvalue weighted by atomic mass is 9.88. The van der Waals surface area contributed by atoms with Crippen LogP contribution in [0, 0.1) is 0 Å². The van der Waals surface area contributed by atoms with E-state index in [2.05, 4.69) is 36.0 Å². The molecule has 22 heavy (non-hydrogen) atoms. The molecule has 6 nitrogen and oxygen atoms in total. The molecule has 1 saturated heterocycles. The number of ether oxygens (including phenoxy) is 1. The maximum Gasteiger partial charge on any atom is 0.234 e. The molecular weight excluding hydrogens is 280 g/mol. The number of pyridine rings is 1. The Balaban J connectivity index is 1.83. The van der Waals surface area contributed by atoms with Gasteiger partial charge >= 0.3 is 0 Å². The summed E-state index contributed by atoms with van der Waals surface area (Å²) >= 11 is 0. The molecule has 6 heteroatoms. The van der Waals surface area contributed by atoms with Gasteiger partial charge in [0.25, 0.3) is 0 Å². The van der Waals surface area contributed by atoms with Crippen LogP contribution in [0.15, 0.2) is 18.5 Å². The molecule has 0 aromatic carbocycles. The van der Waals surface area contributed by atoms with Gasteiger partial charge in [0, 0.05) is 25.8 Å². The van der Waals surface area contributed by atoms with Crippen molar-refractivity contribution in [3.63, 3.8) is 0 Å². The summed E-state index contributed by atoms with van der Waals surface area (Å²) in [6.45, 7) is 9.41. The number of rotatable bonds is 5. The molecule has 1 aliphatic heterocycles. The number of nitrogens with one attached hydrogen (secondary N) is 1. The van der Waals surface area contributed by atoms with E-state index in [1.807, 2.05) is 12.3 Å². The fourth-order valence-corrected chi connectivity index (χ4v) is 2.34. The van der Waals surface area contributed by atoms with E-state index in [0.29, 0.717) is 26.2 Å². The maximum atomic E-state index is 11.3. The average Bonchev–Trinajstić information content (AvgIpc) is 2.45. The first-order valence-corrected chi connectivity index (χ1v) is 7.67. The van der Waals surface area contributed by atoms with Gasteiger partial charge < -0.3 is 15.8 Å². The Bertz CT molecular complexity index is 513. The third-order valence-corrected chi connectivity index (χ3v) is 3.65. The summed E-state index contributed by atoms with van der Waals surface area (Å²) in [5.74, 6) is 0.792. The molecular formula is C16H26N4O2. The smallest absolute Gasteiger partial charge is 0.234 e. The molecule has 0 aliphatic carbocycles. The zero-order valence-corrected chi connectivity index (χ0v) is 13.6. The Kier molecular flexibility index (Phi) is 5.37. The van der Waals surface area contributed by atoms with Crippen LogP contribution in [0.3, 0.4) is 0 Å². The molecule has 1 aromatic heterocycles. The summed E-state index contributed by atoms with van der Waals surface area (Å²) in [5, 5.41) is 2.80. The maximum absolute atomic E-state index is 11.3. The van der Waals surface area contributed by atoms with Gasteiger partial charge in [-0.2, -0.15) is 0 Å². The summed E-state index contributed by atoms with van der Waals surface area (Å²) in [6, 6.07) is 1.87. The lowest BCUT2D eigenvalue weighted by Gasteiger charge is -2.28. The van der Waals surface area contributed by atoms with Gasteiger partial charge in [0.1, 0.15) is 12.4 Å². The van der Waals surface area contributed by atoms with Crippen molar-refractivity contribution < 1.29 is 9.53 Å². The van der Waals surface area contributed by atoms with Crippen LogP contribution >= 0.6 is 0 Å². The van der Waals surface area contributed by atoms with Crippen molar-refractivity contribution in [2.24, 2.45) is 5.73 Å². The number of carbonyl (C=O) groups is 1. The highest BCUT2D eigenvalue weighted by Gasteiger charge is 2.19. The molecule has 122 valence electrons. The van der Waals surface area contributed by atoms with Crippen LogP contribution in [0.25, 0.3) is 0 Å². The number of piperazine rings is 1. The normalized spacial score (nSPS) is 17.9. The molecule has 2 heterocycles. The number of nitrogens with zero attached hydrogens (tertiary/aromatic N) is 2. The van der Waals surface area contributed by atoms with Crippen LogP contribution in [-0.2, 0) is 10.2 Å². The predicted octanol–water partition coefficient (Wildman–Crippen LogP) is 0.517. The first kappa shape index (κ1) is 16.7. The van der Waals surface area contributed by atoms with E-state index in [0.717, 1.165) is 17.9 Å². The molecule has 0 radical (unpaired) electrons. The van der Waals surface area contributed by atoms with Crippen LogP contribution in [-0.4, -0.2) is 54.6 Å². The molecule has 1 fully saturated rings. The van der Waals surface area contributed by atoms with E-state index in [1.165, 1.54) is 0 Å². The van der Waals surface area contributed by atoms with Gasteiger partial charge in [0.05, 0.1) is 18.8 Å². The Hall–Kier alpha value is -1.66. The second kappa shape index (κ2) is 7.07. The van der Waals surface area contributed by atoms with E-state index < -0.39 is 0 Å². The van der Waals surface area contributed by atoms with E-state index in [9.17, 15) is 4.79 Å². The van der Waals surface area contributed by atoms with Crippen molar-refractivity contribution in [3.8, 4) is 5.75 Å². The van der Waals surface area contributed by atoms with Crippen molar-refractivity contribution in [2.45, 2.75) is 32.2 Å². The second-order valence-corrected chi connectivity index (χ2v) is 6.82. The third-order valence-electron chi connectivity index (χ3n) is 3.65. The molecule has 3 N–H and O–H groups in total. The fourth-order valence-electron chi connectivity index (χ4n) is 2.34. The summed E-state index contributed by atoms with van der Waals surface area (Å²) in [6.07, 6.45) is 3.56. The Morgan fingerprint density at radius 2 is 2.23 bits per heavy atom. The number of carbonyl (C=O) groups excluding carboxylic acids is 1. The standard InChI is InChI=1S/C16H26N4O2/c1-16(2,3)12-6-14(8-18-7-12)22-11-13(17)9-20-5-4-19-15(21)10-20/h6-8,13H,4-5,9-11,17H2,1-3H3,(H,19,21)/t13-/m0/s1.